The molecule has 1 fully saturated rings. The fraction of sp³-hybridized carbons (Fsp3) is 0.368. The summed E-state index contributed by atoms with van der Waals surface area (Å²) in [7, 11) is -3.60. The van der Waals surface area contributed by atoms with Gasteiger partial charge in [0.25, 0.3) is 0 Å². The first-order valence-corrected chi connectivity index (χ1v) is 9.59. The largest absolute Gasteiger partial charge is 0.372 e. The lowest BCUT2D eigenvalue weighted by molar-refractivity contribution is 0.295. The first-order chi connectivity index (χ1) is 11.4. The van der Waals surface area contributed by atoms with Crippen molar-refractivity contribution in [2.24, 2.45) is 0 Å². The fourth-order valence-corrected chi connectivity index (χ4v) is 4.81. The Balaban J connectivity index is 2.01. The van der Waals surface area contributed by atoms with E-state index in [0.29, 0.717) is 18.0 Å². The number of hydrogen-bond donors (Lipinski definition) is 0. The lowest BCUT2D eigenvalue weighted by atomic mass is 10.1. The number of sulfonamides is 1. The number of rotatable bonds is 6. The lowest BCUT2D eigenvalue weighted by Gasteiger charge is -2.29. The van der Waals surface area contributed by atoms with Gasteiger partial charge in [-0.15, -0.1) is 0 Å². The van der Waals surface area contributed by atoms with Crippen molar-refractivity contribution < 1.29 is 13.2 Å². The third kappa shape index (κ3) is 3.53. The van der Waals surface area contributed by atoms with Gasteiger partial charge in [0.2, 0.25) is 10.0 Å². The quantitative estimate of drug-likeness (QED) is 0.754. The highest BCUT2D eigenvalue weighted by molar-refractivity contribution is 7.89. The molecule has 5 heteroatoms. The number of epoxide rings is 1. The van der Waals surface area contributed by atoms with Gasteiger partial charge in [-0.1, -0.05) is 48.0 Å². The summed E-state index contributed by atoms with van der Waals surface area (Å²) in [6.45, 7) is 6.75. The van der Waals surface area contributed by atoms with Crippen molar-refractivity contribution in [1.82, 2.24) is 4.31 Å². The van der Waals surface area contributed by atoms with E-state index in [9.17, 15) is 8.42 Å². The number of benzene rings is 2. The molecule has 2 atom stereocenters. The third-order valence-electron chi connectivity index (χ3n) is 4.42. The Morgan fingerprint density at radius 1 is 1.17 bits per heavy atom. The summed E-state index contributed by atoms with van der Waals surface area (Å²) in [6, 6.07) is 14.9. The van der Waals surface area contributed by atoms with Crippen LogP contribution in [-0.2, 0) is 14.8 Å². The molecule has 0 N–H and O–H groups in total. The topological polar surface area (TPSA) is 49.9 Å². The van der Waals surface area contributed by atoms with Crippen LogP contribution < -0.4 is 0 Å². The molecular weight excluding hydrogens is 322 g/mol. The minimum absolute atomic E-state index is 0.00306. The van der Waals surface area contributed by atoms with Gasteiger partial charge < -0.3 is 4.74 Å². The van der Waals surface area contributed by atoms with E-state index in [1.807, 2.05) is 63.2 Å². The van der Waals surface area contributed by atoms with Gasteiger partial charge in [0, 0.05) is 12.6 Å². The van der Waals surface area contributed by atoms with E-state index >= 15 is 0 Å². The first-order valence-electron chi connectivity index (χ1n) is 8.15. The molecule has 1 aliphatic rings. The zero-order valence-corrected chi connectivity index (χ0v) is 15.1. The van der Waals surface area contributed by atoms with Crippen LogP contribution in [0.1, 0.15) is 29.7 Å². The highest BCUT2D eigenvalue weighted by Crippen LogP contribution is 2.31. The van der Waals surface area contributed by atoms with E-state index in [-0.39, 0.29) is 12.1 Å². The Morgan fingerprint density at radius 2 is 1.83 bits per heavy atom. The van der Waals surface area contributed by atoms with Gasteiger partial charge in [0.05, 0.1) is 17.6 Å². The van der Waals surface area contributed by atoms with Gasteiger partial charge in [-0.05, 0) is 38.0 Å². The molecule has 0 saturated carbocycles. The van der Waals surface area contributed by atoms with Gasteiger partial charge in [-0.3, -0.25) is 0 Å². The molecule has 2 unspecified atom stereocenters. The molecule has 0 radical (unpaired) electrons. The van der Waals surface area contributed by atoms with Crippen LogP contribution in [0.5, 0.6) is 0 Å². The third-order valence-corrected chi connectivity index (χ3v) is 6.51. The highest BCUT2D eigenvalue weighted by atomic mass is 32.2. The molecule has 4 nitrogen and oxygen atoms in total. The Bertz CT molecular complexity index is 814. The summed E-state index contributed by atoms with van der Waals surface area (Å²) in [5.74, 6) is 0. The Kier molecular flexibility index (Phi) is 4.76. The number of aryl methyl sites for hydroxylation is 2. The molecule has 2 aromatic rings. The predicted molar refractivity (Wildman–Crippen MR) is 94.4 cm³/mol. The molecule has 1 aliphatic heterocycles. The van der Waals surface area contributed by atoms with Crippen LogP contribution in [0, 0.1) is 13.8 Å². The van der Waals surface area contributed by atoms with Gasteiger partial charge in [0.15, 0.2) is 0 Å². The molecule has 128 valence electrons. The average Bonchev–Trinajstić information content (AvgIpc) is 3.36. The van der Waals surface area contributed by atoms with Crippen LogP contribution >= 0.6 is 0 Å². The monoisotopic (exact) mass is 345 g/mol. The van der Waals surface area contributed by atoms with Crippen molar-refractivity contribution in [3.8, 4) is 0 Å². The summed E-state index contributed by atoms with van der Waals surface area (Å²) in [6.07, 6.45) is -0.00306. The van der Waals surface area contributed by atoms with Crippen molar-refractivity contribution >= 4 is 10.0 Å². The predicted octanol–water partition coefficient (Wildman–Crippen LogP) is 3.45. The molecule has 0 aliphatic carbocycles. The number of ether oxygens (including phenoxy) is 1. The maximum absolute atomic E-state index is 13.3. The number of hydrogen-bond acceptors (Lipinski definition) is 3. The molecule has 0 spiro atoms. The summed E-state index contributed by atoms with van der Waals surface area (Å²) < 4.78 is 33.5. The molecule has 0 aromatic heterocycles. The fourth-order valence-electron chi connectivity index (χ4n) is 2.95. The van der Waals surface area contributed by atoms with Gasteiger partial charge >= 0.3 is 0 Å². The van der Waals surface area contributed by atoms with E-state index in [0.717, 1.165) is 16.7 Å². The minimum atomic E-state index is -3.60. The van der Waals surface area contributed by atoms with Gasteiger partial charge in [-0.2, -0.15) is 4.31 Å². The summed E-state index contributed by atoms with van der Waals surface area (Å²) >= 11 is 0. The van der Waals surface area contributed by atoms with E-state index in [2.05, 4.69) is 0 Å². The summed E-state index contributed by atoms with van der Waals surface area (Å²) in [5, 5.41) is 0. The zero-order valence-electron chi connectivity index (χ0n) is 14.3. The summed E-state index contributed by atoms with van der Waals surface area (Å²) in [4.78, 5) is 0.372. The van der Waals surface area contributed by atoms with Crippen LogP contribution in [0.4, 0.5) is 0 Å². The van der Waals surface area contributed by atoms with Crippen LogP contribution in [0.3, 0.4) is 0 Å². The van der Waals surface area contributed by atoms with E-state index in [1.165, 1.54) is 0 Å². The second-order valence-corrected chi connectivity index (χ2v) is 8.24. The molecule has 24 heavy (non-hydrogen) atoms. The average molecular weight is 345 g/mol. The Labute approximate surface area is 144 Å². The number of nitrogens with zero attached hydrogens (tertiary/aromatic N) is 1. The first kappa shape index (κ1) is 17.1. The van der Waals surface area contributed by atoms with E-state index in [4.69, 9.17) is 4.74 Å². The molecule has 1 saturated heterocycles. The highest BCUT2D eigenvalue weighted by Gasteiger charge is 2.36. The van der Waals surface area contributed by atoms with E-state index in [1.54, 1.807) is 10.4 Å². The van der Waals surface area contributed by atoms with Gasteiger partial charge in [-0.25, -0.2) is 8.42 Å². The second kappa shape index (κ2) is 6.67. The van der Waals surface area contributed by atoms with Crippen LogP contribution in [0.2, 0.25) is 0 Å². The standard InChI is InChI=1S/C19H23NO3S/c1-14-9-10-19(15(2)11-14)24(21,22)20(12-18-13-23-18)16(3)17-7-5-4-6-8-17/h4-11,16,18H,12-13H2,1-3H3. The Morgan fingerprint density at radius 3 is 2.42 bits per heavy atom. The van der Waals surface area contributed by atoms with E-state index < -0.39 is 10.0 Å². The van der Waals surface area contributed by atoms with Crippen molar-refractivity contribution in [1.29, 1.82) is 0 Å². The van der Waals surface area contributed by atoms with Crippen LogP contribution in [-0.4, -0.2) is 32.0 Å². The minimum Gasteiger partial charge on any atom is -0.372 e. The maximum Gasteiger partial charge on any atom is 0.243 e. The van der Waals surface area contributed by atoms with Crippen molar-refractivity contribution in [3.05, 3.63) is 65.2 Å². The molecule has 0 bridgehead atoms. The Hall–Kier alpha value is -1.69. The molecule has 0 amide bonds. The summed E-state index contributed by atoms with van der Waals surface area (Å²) in [5.41, 5.74) is 2.81. The normalized spacial score (nSPS) is 18.6. The molecule has 1 heterocycles. The lowest BCUT2D eigenvalue weighted by Crippen LogP contribution is -2.37. The second-order valence-electron chi connectivity index (χ2n) is 6.39. The molecular formula is C19H23NO3S. The van der Waals surface area contributed by atoms with Gasteiger partial charge in [0.1, 0.15) is 0 Å². The maximum atomic E-state index is 13.3. The molecule has 2 aromatic carbocycles. The SMILES string of the molecule is Cc1ccc(S(=O)(=O)N(CC2CO2)C(C)c2ccccc2)c(C)c1. The van der Waals surface area contributed by atoms with Crippen LogP contribution in [0.15, 0.2) is 53.4 Å². The zero-order chi connectivity index (χ0) is 17.3. The molecule has 3 rings (SSSR count). The van der Waals surface area contributed by atoms with Crippen molar-refractivity contribution in [2.75, 3.05) is 13.2 Å². The van der Waals surface area contributed by atoms with Crippen molar-refractivity contribution in [3.63, 3.8) is 0 Å². The van der Waals surface area contributed by atoms with Crippen LogP contribution in [0.25, 0.3) is 0 Å². The smallest absolute Gasteiger partial charge is 0.243 e. The van der Waals surface area contributed by atoms with Crippen molar-refractivity contribution in [2.45, 2.75) is 37.8 Å².